The first-order valence-corrected chi connectivity index (χ1v) is 20.0. The number of urea groups is 1. The second-order valence-corrected chi connectivity index (χ2v) is 15.4. The van der Waals surface area contributed by atoms with E-state index in [1.165, 1.54) is 0 Å². The fraction of sp³-hybridized carbons (Fsp3) is 0.319. The van der Waals surface area contributed by atoms with E-state index in [2.05, 4.69) is 75.1 Å². The van der Waals surface area contributed by atoms with Crippen LogP contribution in [0.3, 0.4) is 0 Å². The standard InChI is InChI=1S/C47H51N5O5/c1-33-42(30-51-24-22-47(23-25-51)45(54)50-32-52(47)41-16-6-3-7-17-41)56-44(57-43(33)37-20-18-35(31-53)19-21-37)40-15-9-14-39(27-40)38-13-8-12-36(26-38)29-49-46(55)48-28-34-10-4-2-5-11-34/h2-21,26-27,33,42-44,53H,22-25,28-32H2,1H3,(H,50,54)(H2,48,49,55)/t33-,42+,43+,44+/m1/s1. The van der Waals surface area contributed by atoms with E-state index in [-0.39, 0.29) is 36.7 Å². The molecule has 0 bridgehead atoms. The van der Waals surface area contributed by atoms with Crippen LogP contribution in [0.15, 0.2) is 133 Å². The first-order valence-electron chi connectivity index (χ1n) is 20.0. The number of anilines is 1. The van der Waals surface area contributed by atoms with Crippen molar-refractivity contribution in [2.75, 3.05) is 31.2 Å². The minimum absolute atomic E-state index is 0.0165. The van der Waals surface area contributed by atoms with Gasteiger partial charge in [0.2, 0.25) is 5.91 Å². The zero-order valence-electron chi connectivity index (χ0n) is 32.3. The Morgan fingerprint density at radius 1 is 0.754 bits per heavy atom. The number of carbonyl (C=O) groups excluding carboxylic acids is 2. The summed E-state index contributed by atoms with van der Waals surface area (Å²) in [6.07, 6.45) is 0.468. The van der Waals surface area contributed by atoms with Gasteiger partial charge in [-0.25, -0.2) is 4.79 Å². The van der Waals surface area contributed by atoms with Gasteiger partial charge in [-0.2, -0.15) is 0 Å². The third kappa shape index (κ3) is 8.60. The van der Waals surface area contributed by atoms with E-state index >= 15 is 0 Å². The lowest BCUT2D eigenvalue weighted by Crippen LogP contribution is -2.57. The maximum Gasteiger partial charge on any atom is 0.315 e. The monoisotopic (exact) mass is 765 g/mol. The molecule has 3 saturated heterocycles. The summed E-state index contributed by atoms with van der Waals surface area (Å²) in [5.74, 6) is 0.143. The quantitative estimate of drug-likeness (QED) is 0.114. The minimum atomic E-state index is -0.614. The normalized spacial score (nSPS) is 21.9. The van der Waals surface area contributed by atoms with Gasteiger partial charge >= 0.3 is 6.03 Å². The van der Waals surface area contributed by atoms with E-state index in [0.717, 1.165) is 70.6 Å². The van der Waals surface area contributed by atoms with Gasteiger partial charge in [-0.15, -0.1) is 0 Å². The number of rotatable bonds is 11. The Bertz CT molecular complexity index is 2120. The van der Waals surface area contributed by atoms with E-state index < -0.39 is 11.8 Å². The van der Waals surface area contributed by atoms with Gasteiger partial charge in [-0.1, -0.05) is 116 Å². The molecule has 5 aromatic carbocycles. The van der Waals surface area contributed by atoms with Crippen LogP contribution in [0.5, 0.6) is 0 Å². The molecule has 294 valence electrons. The van der Waals surface area contributed by atoms with Crippen LogP contribution in [0.4, 0.5) is 10.5 Å². The van der Waals surface area contributed by atoms with E-state index in [0.29, 0.717) is 26.3 Å². The molecule has 0 aromatic heterocycles. The highest BCUT2D eigenvalue weighted by Gasteiger charge is 2.51. The van der Waals surface area contributed by atoms with Crippen molar-refractivity contribution in [1.82, 2.24) is 20.9 Å². The lowest BCUT2D eigenvalue weighted by molar-refractivity contribution is -0.276. The van der Waals surface area contributed by atoms with Crippen LogP contribution in [-0.2, 0) is 34.0 Å². The number of hydrogen-bond acceptors (Lipinski definition) is 7. The van der Waals surface area contributed by atoms with Crippen molar-refractivity contribution in [1.29, 1.82) is 0 Å². The molecule has 57 heavy (non-hydrogen) atoms. The smallest absolute Gasteiger partial charge is 0.315 e. The van der Waals surface area contributed by atoms with Crippen LogP contribution in [0.1, 0.15) is 60.0 Å². The third-order valence-corrected chi connectivity index (χ3v) is 11.8. The second-order valence-electron chi connectivity index (χ2n) is 15.4. The highest BCUT2D eigenvalue weighted by Crippen LogP contribution is 2.43. The van der Waals surface area contributed by atoms with Gasteiger partial charge in [0, 0.05) is 49.9 Å². The van der Waals surface area contributed by atoms with Gasteiger partial charge in [0.25, 0.3) is 0 Å². The zero-order valence-corrected chi connectivity index (χ0v) is 32.3. The Balaban J connectivity index is 0.972. The first kappa shape index (κ1) is 38.4. The Hall–Kier alpha value is -5.52. The predicted octanol–water partition coefficient (Wildman–Crippen LogP) is 7.07. The molecule has 1 spiro atoms. The molecule has 8 rings (SSSR count). The largest absolute Gasteiger partial charge is 0.392 e. The summed E-state index contributed by atoms with van der Waals surface area (Å²) < 4.78 is 13.7. The number of aliphatic hydroxyl groups is 1. The number of nitrogens with zero attached hydrogens (tertiary/aromatic N) is 2. The number of para-hydroxylation sites is 1. The second kappa shape index (κ2) is 17.3. The van der Waals surface area contributed by atoms with Gasteiger partial charge in [-0.3, -0.25) is 4.79 Å². The molecule has 0 radical (unpaired) electrons. The number of nitrogens with one attached hydrogen (secondary N) is 3. The van der Waals surface area contributed by atoms with Gasteiger partial charge in [-0.05, 0) is 70.5 Å². The number of piperidine rings is 1. The summed E-state index contributed by atoms with van der Waals surface area (Å²) >= 11 is 0. The van der Waals surface area contributed by atoms with Crippen LogP contribution >= 0.6 is 0 Å². The van der Waals surface area contributed by atoms with Crippen LogP contribution in [-0.4, -0.2) is 59.9 Å². The molecule has 0 unspecified atom stereocenters. The number of benzene rings is 5. The van der Waals surface area contributed by atoms with Crippen molar-refractivity contribution in [3.63, 3.8) is 0 Å². The summed E-state index contributed by atoms with van der Waals surface area (Å²) in [5.41, 5.74) is 7.41. The molecule has 3 aliphatic rings. The Kier molecular flexibility index (Phi) is 11.7. The molecule has 4 atom stereocenters. The first-order chi connectivity index (χ1) is 27.9. The molecule has 3 heterocycles. The van der Waals surface area contributed by atoms with E-state index in [1.54, 1.807) is 0 Å². The fourth-order valence-corrected chi connectivity index (χ4v) is 8.47. The maximum absolute atomic E-state index is 13.4. The molecule has 10 nitrogen and oxygen atoms in total. The van der Waals surface area contributed by atoms with Crippen LogP contribution in [0.2, 0.25) is 0 Å². The average molecular weight is 766 g/mol. The molecule has 3 fully saturated rings. The number of hydrogen-bond donors (Lipinski definition) is 4. The minimum Gasteiger partial charge on any atom is -0.392 e. The van der Waals surface area contributed by atoms with Crippen LogP contribution < -0.4 is 20.9 Å². The highest BCUT2D eigenvalue weighted by molar-refractivity contribution is 5.93. The Morgan fingerprint density at radius 2 is 1.40 bits per heavy atom. The number of ether oxygens (including phenoxy) is 2. The average Bonchev–Trinajstić information content (AvgIpc) is 3.58. The van der Waals surface area contributed by atoms with Crippen molar-refractivity contribution >= 4 is 17.6 Å². The van der Waals surface area contributed by atoms with Crippen molar-refractivity contribution < 1.29 is 24.2 Å². The number of aliphatic hydroxyl groups excluding tert-OH is 1. The SMILES string of the molecule is C[C@@H]1[C@H](CN2CCC3(CC2)C(=O)NCN3c2ccccc2)O[C@H](c2cccc(-c3cccc(CNC(=O)NCc4ccccc4)c3)c2)O[C@@H]1c1ccc(CO)cc1. The van der Waals surface area contributed by atoms with Crippen LogP contribution in [0, 0.1) is 5.92 Å². The number of likely N-dealkylation sites (tertiary alicyclic amines) is 1. The van der Waals surface area contributed by atoms with Crippen molar-refractivity contribution in [2.45, 2.75) is 63.5 Å². The Morgan fingerprint density at radius 3 is 2.12 bits per heavy atom. The van der Waals surface area contributed by atoms with Gasteiger partial charge in [0.15, 0.2) is 6.29 Å². The summed E-state index contributed by atoms with van der Waals surface area (Å²) in [4.78, 5) is 30.6. The summed E-state index contributed by atoms with van der Waals surface area (Å²) in [6, 6.07) is 44.3. The number of carbonyl (C=O) groups is 2. The zero-order chi connectivity index (χ0) is 39.2. The molecule has 0 saturated carbocycles. The lowest BCUT2D eigenvalue weighted by Gasteiger charge is -2.46. The highest BCUT2D eigenvalue weighted by atomic mass is 16.7. The molecular weight excluding hydrogens is 715 g/mol. The van der Waals surface area contributed by atoms with Gasteiger partial charge in [0.1, 0.15) is 5.54 Å². The van der Waals surface area contributed by atoms with E-state index in [9.17, 15) is 14.7 Å². The maximum atomic E-state index is 13.4. The van der Waals surface area contributed by atoms with E-state index in [1.807, 2.05) is 91.0 Å². The summed E-state index contributed by atoms with van der Waals surface area (Å²) in [7, 11) is 0. The fourth-order valence-electron chi connectivity index (χ4n) is 8.47. The molecule has 5 aromatic rings. The molecule has 3 aliphatic heterocycles. The van der Waals surface area contributed by atoms with Gasteiger partial charge in [0.05, 0.1) is 25.5 Å². The van der Waals surface area contributed by atoms with Crippen molar-refractivity contribution in [2.24, 2.45) is 5.92 Å². The van der Waals surface area contributed by atoms with Crippen molar-refractivity contribution in [3.05, 3.63) is 161 Å². The predicted molar refractivity (Wildman–Crippen MR) is 221 cm³/mol. The molecule has 0 aliphatic carbocycles. The molecule has 3 amide bonds. The summed E-state index contributed by atoms with van der Waals surface area (Å²) in [5, 5.41) is 18.7. The summed E-state index contributed by atoms with van der Waals surface area (Å²) in [6.45, 7) is 5.82. The van der Waals surface area contributed by atoms with Crippen molar-refractivity contribution in [3.8, 4) is 11.1 Å². The molecule has 4 N–H and O–H groups in total. The lowest BCUT2D eigenvalue weighted by atomic mass is 9.84. The molecule has 10 heteroatoms. The third-order valence-electron chi connectivity index (χ3n) is 11.8. The van der Waals surface area contributed by atoms with Gasteiger partial charge < -0.3 is 40.3 Å². The Labute approximate surface area is 334 Å². The number of amides is 3. The molecular formula is C47H51N5O5. The van der Waals surface area contributed by atoms with Crippen LogP contribution in [0.25, 0.3) is 11.1 Å². The topological polar surface area (TPSA) is 115 Å². The van der Waals surface area contributed by atoms with E-state index in [4.69, 9.17) is 9.47 Å².